The zero-order chi connectivity index (χ0) is 46.4. The zero-order valence-electron chi connectivity index (χ0n) is 41.8. The van der Waals surface area contributed by atoms with Gasteiger partial charge in [-0.25, -0.2) is 0 Å². The van der Waals surface area contributed by atoms with E-state index in [1.165, 1.54) is 128 Å². The van der Waals surface area contributed by atoms with Crippen LogP contribution in [0.25, 0.3) is 0 Å². The van der Waals surface area contributed by atoms with Crippen LogP contribution in [0.1, 0.15) is 226 Å². The first-order valence-electron chi connectivity index (χ1n) is 26.1. The number of carbonyl (C=O) groups excluding carboxylic acids is 1. The van der Waals surface area contributed by atoms with Gasteiger partial charge in [0.2, 0.25) is 5.91 Å². The Kier molecular flexibility index (Phi) is 44.1. The molecule has 0 aliphatic rings. The Bertz CT molecular complexity index is 1210. The van der Waals surface area contributed by atoms with Gasteiger partial charge in [0.15, 0.2) is 0 Å². The average molecular weight is 905 g/mol. The smallest absolute Gasteiger partial charge is 0.268 e. The van der Waals surface area contributed by atoms with Crippen molar-refractivity contribution in [2.75, 3.05) is 40.9 Å². The number of amides is 1. The highest BCUT2D eigenvalue weighted by atomic mass is 31.2. The molecule has 0 aliphatic carbocycles. The second-order valence-corrected chi connectivity index (χ2v) is 20.3. The van der Waals surface area contributed by atoms with Crippen LogP contribution in [0.5, 0.6) is 0 Å². The predicted octanol–water partition coefficient (Wildman–Crippen LogP) is 14.7. The second kappa shape index (κ2) is 45.4. The minimum absolute atomic E-state index is 0.0113. The van der Waals surface area contributed by atoms with E-state index in [4.69, 9.17) is 9.05 Å². The fraction of sp³-hybridized carbons (Fsp3) is 0.796. The Morgan fingerprint density at radius 3 is 1.41 bits per heavy atom. The summed E-state index contributed by atoms with van der Waals surface area (Å²) in [5.74, 6) is -0.168. The number of rotatable bonds is 47. The molecule has 0 radical (unpaired) electrons. The maximum absolute atomic E-state index is 12.9. The molecule has 8 nitrogen and oxygen atoms in total. The van der Waals surface area contributed by atoms with Gasteiger partial charge >= 0.3 is 0 Å². The van der Waals surface area contributed by atoms with Gasteiger partial charge in [0.25, 0.3) is 7.82 Å². The number of nitrogens with one attached hydrogen (secondary N) is 1. The molecule has 3 unspecified atom stereocenters. The van der Waals surface area contributed by atoms with Gasteiger partial charge in [-0.1, -0.05) is 222 Å². The quantitative estimate of drug-likeness (QED) is 0.0273. The van der Waals surface area contributed by atoms with Gasteiger partial charge in [0.1, 0.15) is 13.2 Å². The summed E-state index contributed by atoms with van der Waals surface area (Å²) in [6.07, 6.45) is 59.8. The number of phosphoric ester groups is 1. The number of phosphoric acid groups is 1. The molecule has 0 heterocycles. The van der Waals surface area contributed by atoms with Gasteiger partial charge in [0, 0.05) is 6.42 Å². The second-order valence-electron chi connectivity index (χ2n) is 18.9. The van der Waals surface area contributed by atoms with Gasteiger partial charge in [0.05, 0.1) is 39.9 Å². The van der Waals surface area contributed by atoms with E-state index >= 15 is 0 Å². The standard InChI is InChI=1S/C54H101N2O6P/c1-6-8-10-12-14-16-17-18-19-20-21-22-23-24-25-26-27-28-29-30-31-32-33-34-35-36-37-38-39-40-42-44-46-48-54(58)55-52(51-62-63(59,60)61-50-49-56(3,4)5)53(57)47-45-43-41-15-13-11-9-7-2/h8,10,14,16,18-19,21-22,24-25,52-53,57H,6-7,9,11-13,15,17,20,23,26-51H2,1-5H3,(H-,55,58,59,60)/b10-8-,16-14-,19-18-,22-21-,25-24-. The highest BCUT2D eigenvalue weighted by molar-refractivity contribution is 7.45. The molecule has 2 N–H and O–H groups in total. The van der Waals surface area contributed by atoms with Crippen molar-refractivity contribution in [3.63, 3.8) is 0 Å². The third-order valence-corrected chi connectivity index (χ3v) is 12.5. The maximum atomic E-state index is 12.9. The summed E-state index contributed by atoms with van der Waals surface area (Å²) < 4.78 is 23.2. The number of quaternary nitrogens is 1. The van der Waals surface area contributed by atoms with E-state index in [9.17, 15) is 19.4 Å². The SMILES string of the molecule is CC/C=C\C/C=C\C/C=C\C/C=C\C/C=C\CCCCCCCCCCCCCCCCCCCC(=O)NC(COP(=O)([O-])OCC[N+](C)(C)C)C(O)CCCCCCCCCC. The van der Waals surface area contributed by atoms with Crippen molar-refractivity contribution >= 4 is 13.7 Å². The van der Waals surface area contributed by atoms with Crippen LogP contribution in [-0.4, -0.2) is 68.5 Å². The third-order valence-electron chi connectivity index (χ3n) is 11.5. The van der Waals surface area contributed by atoms with Crippen molar-refractivity contribution in [3.8, 4) is 0 Å². The molecule has 63 heavy (non-hydrogen) atoms. The summed E-state index contributed by atoms with van der Waals surface area (Å²) in [5, 5.41) is 13.8. The van der Waals surface area contributed by atoms with E-state index in [-0.39, 0.29) is 19.1 Å². The molecule has 1 amide bonds. The van der Waals surface area contributed by atoms with Crippen molar-refractivity contribution < 1.29 is 32.9 Å². The number of hydrogen-bond acceptors (Lipinski definition) is 6. The molecule has 0 aliphatic heterocycles. The number of aliphatic hydroxyl groups is 1. The van der Waals surface area contributed by atoms with Crippen LogP contribution < -0.4 is 10.2 Å². The molecule has 0 rings (SSSR count). The molecule has 0 aromatic rings. The molecule has 0 fully saturated rings. The third kappa shape index (κ3) is 48.0. The van der Waals surface area contributed by atoms with Crippen molar-refractivity contribution in [1.29, 1.82) is 0 Å². The molecule has 0 aromatic carbocycles. The highest BCUT2D eigenvalue weighted by Gasteiger charge is 2.24. The Balaban J connectivity index is 3.92. The summed E-state index contributed by atoms with van der Waals surface area (Å²) in [7, 11) is 1.30. The Hall–Kier alpha value is -1.80. The van der Waals surface area contributed by atoms with Crippen LogP contribution in [0.4, 0.5) is 0 Å². The molecule has 0 saturated heterocycles. The number of likely N-dealkylation sites (N-methyl/N-ethyl adjacent to an activating group) is 1. The minimum atomic E-state index is -4.56. The number of nitrogens with zero attached hydrogens (tertiary/aromatic N) is 1. The van der Waals surface area contributed by atoms with E-state index in [1.54, 1.807) is 0 Å². The van der Waals surface area contributed by atoms with E-state index in [0.29, 0.717) is 23.9 Å². The van der Waals surface area contributed by atoms with Crippen LogP contribution in [0.15, 0.2) is 60.8 Å². The van der Waals surface area contributed by atoms with Crippen LogP contribution in [0.3, 0.4) is 0 Å². The van der Waals surface area contributed by atoms with E-state index in [2.05, 4.69) is 79.9 Å². The first-order chi connectivity index (χ1) is 30.5. The normalized spacial score (nSPS) is 14.6. The summed E-state index contributed by atoms with van der Waals surface area (Å²) in [4.78, 5) is 25.3. The number of carbonyl (C=O) groups is 1. The van der Waals surface area contributed by atoms with Crippen molar-refractivity contribution in [3.05, 3.63) is 60.8 Å². The molecule has 3 atom stereocenters. The van der Waals surface area contributed by atoms with Crippen LogP contribution in [0.2, 0.25) is 0 Å². The summed E-state index contributed by atoms with van der Waals surface area (Å²) in [6, 6.07) is -0.798. The molecule has 368 valence electrons. The zero-order valence-corrected chi connectivity index (χ0v) is 42.7. The molecule has 0 saturated carbocycles. The fourth-order valence-corrected chi connectivity index (χ4v) is 8.14. The average Bonchev–Trinajstić information content (AvgIpc) is 3.24. The van der Waals surface area contributed by atoms with E-state index in [1.807, 2.05) is 21.1 Å². The number of hydrogen-bond donors (Lipinski definition) is 2. The summed E-state index contributed by atoms with van der Waals surface area (Å²) in [5.41, 5.74) is 0. The Morgan fingerprint density at radius 2 is 0.968 bits per heavy atom. The van der Waals surface area contributed by atoms with Gasteiger partial charge in [-0.2, -0.15) is 0 Å². The van der Waals surface area contributed by atoms with Crippen LogP contribution in [-0.2, 0) is 18.4 Å². The topological polar surface area (TPSA) is 108 Å². The monoisotopic (exact) mass is 905 g/mol. The number of aliphatic hydroxyl groups excluding tert-OH is 1. The predicted molar refractivity (Wildman–Crippen MR) is 270 cm³/mol. The van der Waals surface area contributed by atoms with Crippen molar-refractivity contribution in [2.24, 2.45) is 0 Å². The molecule has 0 spiro atoms. The highest BCUT2D eigenvalue weighted by Crippen LogP contribution is 2.38. The van der Waals surface area contributed by atoms with E-state index in [0.717, 1.165) is 70.6 Å². The lowest BCUT2D eigenvalue weighted by Gasteiger charge is -2.30. The van der Waals surface area contributed by atoms with Gasteiger partial charge in [-0.15, -0.1) is 0 Å². The fourth-order valence-electron chi connectivity index (χ4n) is 7.42. The lowest BCUT2D eigenvalue weighted by atomic mass is 10.0. The van der Waals surface area contributed by atoms with Gasteiger partial charge < -0.3 is 28.8 Å². The van der Waals surface area contributed by atoms with Crippen molar-refractivity contribution in [2.45, 2.75) is 238 Å². The van der Waals surface area contributed by atoms with Gasteiger partial charge in [-0.05, 0) is 57.8 Å². The lowest BCUT2D eigenvalue weighted by molar-refractivity contribution is -0.870. The minimum Gasteiger partial charge on any atom is -0.756 e. The van der Waals surface area contributed by atoms with Crippen LogP contribution >= 0.6 is 7.82 Å². The first kappa shape index (κ1) is 61.2. The number of unbranched alkanes of at least 4 members (excludes halogenated alkanes) is 24. The summed E-state index contributed by atoms with van der Waals surface area (Å²) in [6.45, 7) is 4.57. The molecule has 0 bridgehead atoms. The van der Waals surface area contributed by atoms with Gasteiger partial charge in [-0.3, -0.25) is 9.36 Å². The number of allylic oxidation sites excluding steroid dienone is 10. The Morgan fingerprint density at radius 1 is 0.571 bits per heavy atom. The maximum Gasteiger partial charge on any atom is 0.268 e. The first-order valence-corrected chi connectivity index (χ1v) is 27.6. The molecular weight excluding hydrogens is 804 g/mol. The van der Waals surface area contributed by atoms with E-state index < -0.39 is 20.0 Å². The van der Waals surface area contributed by atoms with Crippen LogP contribution in [0, 0.1) is 0 Å². The lowest BCUT2D eigenvalue weighted by Crippen LogP contribution is -2.46. The molecule has 9 heteroatoms. The molecular formula is C54H101N2O6P. The summed E-state index contributed by atoms with van der Waals surface area (Å²) >= 11 is 0. The largest absolute Gasteiger partial charge is 0.756 e. The molecule has 0 aromatic heterocycles. The van der Waals surface area contributed by atoms with Crippen molar-refractivity contribution in [1.82, 2.24) is 5.32 Å². The Labute approximate surface area is 390 Å².